The third-order valence-corrected chi connectivity index (χ3v) is 5.49. The van der Waals surface area contributed by atoms with Crippen LogP contribution in [-0.4, -0.2) is 17.0 Å². The monoisotopic (exact) mass is 496 g/mol. The largest absolute Gasteiger partial charge is 0.487 e. The van der Waals surface area contributed by atoms with Gasteiger partial charge in [-0.25, -0.2) is 4.79 Å². The molecule has 4 rings (SSSR count). The van der Waals surface area contributed by atoms with E-state index in [1.54, 1.807) is 42.6 Å². The molecule has 8 heteroatoms. The molecule has 1 atom stereocenters. The van der Waals surface area contributed by atoms with Gasteiger partial charge in [-0.15, -0.1) is 0 Å². The van der Waals surface area contributed by atoms with Gasteiger partial charge in [0.1, 0.15) is 25.0 Å². The summed E-state index contributed by atoms with van der Waals surface area (Å²) in [6.45, 7) is 0.739. The number of rotatable bonds is 10. The van der Waals surface area contributed by atoms with Crippen LogP contribution in [0.5, 0.6) is 5.75 Å². The Morgan fingerprint density at radius 3 is 2.32 bits per heavy atom. The molecular formula is C29H28N4O4. The molecule has 2 amide bonds. The van der Waals surface area contributed by atoms with Crippen molar-refractivity contribution in [3.8, 4) is 5.75 Å². The predicted octanol–water partition coefficient (Wildman–Crippen LogP) is 4.73. The van der Waals surface area contributed by atoms with Gasteiger partial charge in [0.15, 0.2) is 0 Å². The lowest BCUT2D eigenvalue weighted by Gasteiger charge is -2.19. The molecule has 3 aromatic carbocycles. The summed E-state index contributed by atoms with van der Waals surface area (Å²) in [6.07, 6.45) is 0.992. The minimum Gasteiger partial charge on any atom is -0.487 e. The zero-order chi connectivity index (χ0) is 25.9. The molecule has 4 aromatic rings. The SMILES string of the molecule is NCc1cccc(NC(=O)[C@@H](NC(=O)OCc2ccccc2)c2ccc(OCc3ccccn3)cc2)c1. The van der Waals surface area contributed by atoms with Crippen LogP contribution in [0, 0.1) is 0 Å². The Hall–Kier alpha value is -4.69. The molecule has 0 aliphatic rings. The van der Waals surface area contributed by atoms with E-state index >= 15 is 0 Å². The summed E-state index contributed by atoms with van der Waals surface area (Å²) in [5, 5.41) is 5.53. The molecule has 0 fully saturated rings. The Morgan fingerprint density at radius 2 is 1.59 bits per heavy atom. The van der Waals surface area contributed by atoms with Gasteiger partial charge in [-0.1, -0.05) is 60.7 Å². The van der Waals surface area contributed by atoms with Gasteiger partial charge < -0.3 is 25.8 Å². The number of anilines is 1. The van der Waals surface area contributed by atoms with E-state index in [1.165, 1.54) is 0 Å². The van der Waals surface area contributed by atoms with Crippen LogP contribution in [0.3, 0.4) is 0 Å². The first-order valence-corrected chi connectivity index (χ1v) is 11.8. The minimum atomic E-state index is -1.00. The van der Waals surface area contributed by atoms with Crippen molar-refractivity contribution in [2.75, 3.05) is 5.32 Å². The molecule has 0 unspecified atom stereocenters. The summed E-state index contributed by atoms with van der Waals surface area (Å²) in [6, 6.07) is 28.1. The fourth-order valence-corrected chi connectivity index (χ4v) is 3.57. The van der Waals surface area contributed by atoms with Crippen molar-refractivity contribution < 1.29 is 19.1 Å². The number of nitrogens with zero attached hydrogens (tertiary/aromatic N) is 1. The number of benzene rings is 3. The molecule has 1 heterocycles. The van der Waals surface area contributed by atoms with Crippen LogP contribution in [0.15, 0.2) is 103 Å². The fourth-order valence-electron chi connectivity index (χ4n) is 3.57. The van der Waals surface area contributed by atoms with Gasteiger partial charge in [0.25, 0.3) is 5.91 Å². The number of carbonyl (C=O) groups excluding carboxylic acids is 2. The highest BCUT2D eigenvalue weighted by Gasteiger charge is 2.24. The quantitative estimate of drug-likeness (QED) is 0.292. The van der Waals surface area contributed by atoms with Gasteiger partial charge in [0.2, 0.25) is 0 Å². The highest BCUT2D eigenvalue weighted by molar-refractivity contribution is 5.97. The highest BCUT2D eigenvalue weighted by Crippen LogP contribution is 2.21. The lowest BCUT2D eigenvalue weighted by Crippen LogP contribution is -2.37. The van der Waals surface area contributed by atoms with Crippen molar-refractivity contribution in [2.45, 2.75) is 25.8 Å². The second kappa shape index (κ2) is 12.9. The summed E-state index contributed by atoms with van der Waals surface area (Å²) >= 11 is 0. The molecule has 0 aliphatic heterocycles. The Morgan fingerprint density at radius 1 is 0.838 bits per heavy atom. The number of hydrogen-bond donors (Lipinski definition) is 3. The summed E-state index contributed by atoms with van der Waals surface area (Å²) in [4.78, 5) is 30.1. The number of amides is 2. The third-order valence-electron chi connectivity index (χ3n) is 5.49. The second-order valence-electron chi connectivity index (χ2n) is 8.21. The molecule has 1 aromatic heterocycles. The van der Waals surface area contributed by atoms with Crippen molar-refractivity contribution in [2.24, 2.45) is 5.73 Å². The maximum Gasteiger partial charge on any atom is 0.408 e. The molecule has 8 nitrogen and oxygen atoms in total. The number of alkyl carbamates (subject to hydrolysis) is 1. The zero-order valence-electron chi connectivity index (χ0n) is 20.2. The summed E-state index contributed by atoms with van der Waals surface area (Å²) in [5.74, 6) is 0.184. The van der Waals surface area contributed by atoms with E-state index in [2.05, 4.69) is 15.6 Å². The summed E-state index contributed by atoms with van der Waals surface area (Å²) in [7, 11) is 0. The van der Waals surface area contributed by atoms with E-state index in [1.807, 2.05) is 60.7 Å². The Kier molecular flexibility index (Phi) is 8.82. The van der Waals surface area contributed by atoms with Crippen LogP contribution in [0.4, 0.5) is 10.5 Å². The number of ether oxygens (including phenoxy) is 2. The third kappa shape index (κ3) is 7.65. The molecule has 188 valence electrons. The molecular weight excluding hydrogens is 468 g/mol. The van der Waals surface area contributed by atoms with E-state index in [4.69, 9.17) is 15.2 Å². The summed E-state index contributed by atoms with van der Waals surface area (Å²) in [5.41, 5.74) is 9.37. The summed E-state index contributed by atoms with van der Waals surface area (Å²) < 4.78 is 11.1. The van der Waals surface area contributed by atoms with Crippen molar-refractivity contribution in [3.05, 3.63) is 126 Å². The zero-order valence-corrected chi connectivity index (χ0v) is 20.2. The van der Waals surface area contributed by atoms with Gasteiger partial charge >= 0.3 is 6.09 Å². The van der Waals surface area contributed by atoms with Crippen molar-refractivity contribution in [3.63, 3.8) is 0 Å². The van der Waals surface area contributed by atoms with Crippen LogP contribution in [-0.2, 0) is 29.3 Å². The molecule has 0 bridgehead atoms. The number of nitrogens with one attached hydrogen (secondary N) is 2. The first-order chi connectivity index (χ1) is 18.1. The van der Waals surface area contributed by atoms with E-state index in [0.29, 0.717) is 30.2 Å². The van der Waals surface area contributed by atoms with Crippen LogP contribution in [0.1, 0.15) is 28.4 Å². The van der Waals surface area contributed by atoms with Crippen molar-refractivity contribution in [1.29, 1.82) is 0 Å². The highest BCUT2D eigenvalue weighted by atomic mass is 16.5. The standard InChI is InChI=1S/C29H28N4O4/c30-18-22-9-6-11-24(17-22)32-28(34)27(33-29(35)37-19-21-7-2-1-3-8-21)23-12-14-26(15-13-23)36-20-25-10-4-5-16-31-25/h1-17,27H,18-20,30H2,(H,32,34)(H,33,35)/t27-/m0/s1. The van der Waals surface area contributed by atoms with Gasteiger partial charge in [-0.3, -0.25) is 9.78 Å². The molecule has 0 saturated heterocycles. The smallest absolute Gasteiger partial charge is 0.408 e. The van der Waals surface area contributed by atoms with Crippen molar-refractivity contribution >= 4 is 17.7 Å². The number of nitrogens with two attached hydrogens (primary N) is 1. The van der Waals surface area contributed by atoms with Crippen molar-refractivity contribution in [1.82, 2.24) is 10.3 Å². The lowest BCUT2D eigenvalue weighted by atomic mass is 10.1. The van der Waals surface area contributed by atoms with Crippen LogP contribution in [0.25, 0.3) is 0 Å². The van der Waals surface area contributed by atoms with Crippen LogP contribution >= 0.6 is 0 Å². The molecule has 0 saturated carbocycles. The van der Waals surface area contributed by atoms with E-state index in [-0.39, 0.29) is 6.61 Å². The van der Waals surface area contributed by atoms with Gasteiger partial charge in [-0.05, 0) is 53.1 Å². The van der Waals surface area contributed by atoms with Gasteiger partial charge in [0.05, 0.1) is 5.69 Å². The van der Waals surface area contributed by atoms with Crippen LogP contribution in [0.2, 0.25) is 0 Å². The number of carbonyl (C=O) groups is 2. The van der Waals surface area contributed by atoms with E-state index < -0.39 is 18.0 Å². The normalized spacial score (nSPS) is 11.3. The Bertz CT molecular complexity index is 1300. The van der Waals surface area contributed by atoms with Crippen LogP contribution < -0.4 is 21.1 Å². The molecule has 0 aliphatic carbocycles. The maximum absolute atomic E-state index is 13.3. The van der Waals surface area contributed by atoms with Gasteiger partial charge in [0, 0.05) is 18.4 Å². The average molecular weight is 497 g/mol. The number of hydrogen-bond acceptors (Lipinski definition) is 6. The topological polar surface area (TPSA) is 116 Å². The Labute approximate surface area is 215 Å². The van der Waals surface area contributed by atoms with Gasteiger partial charge in [-0.2, -0.15) is 0 Å². The first-order valence-electron chi connectivity index (χ1n) is 11.8. The second-order valence-corrected chi connectivity index (χ2v) is 8.21. The average Bonchev–Trinajstić information content (AvgIpc) is 2.95. The Balaban J connectivity index is 1.46. The predicted molar refractivity (Wildman–Crippen MR) is 140 cm³/mol. The first kappa shape index (κ1) is 25.4. The molecule has 37 heavy (non-hydrogen) atoms. The molecule has 4 N–H and O–H groups in total. The molecule has 0 spiro atoms. The lowest BCUT2D eigenvalue weighted by molar-refractivity contribution is -0.118. The molecule has 0 radical (unpaired) electrons. The number of pyridine rings is 1. The van der Waals surface area contributed by atoms with E-state index in [9.17, 15) is 9.59 Å². The van der Waals surface area contributed by atoms with E-state index in [0.717, 1.165) is 16.8 Å². The fraction of sp³-hybridized carbons (Fsp3) is 0.138. The minimum absolute atomic E-state index is 0.0832. The number of aromatic nitrogens is 1. The maximum atomic E-state index is 13.3.